The number of morpholine rings is 1. The highest BCUT2D eigenvalue weighted by Crippen LogP contribution is 2.32. The van der Waals surface area contributed by atoms with Crippen molar-refractivity contribution in [3.63, 3.8) is 0 Å². The summed E-state index contributed by atoms with van der Waals surface area (Å²) < 4.78 is 21.3. The van der Waals surface area contributed by atoms with Gasteiger partial charge in [-0.2, -0.15) is 0 Å². The van der Waals surface area contributed by atoms with Crippen molar-refractivity contribution < 1.29 is 23.7 Å². The van der Waals surface area contributed by atoms with Crippen molar-refractivity contribution in [3.05, 3.63) is 23.8 Å². The number of rotatable bonds is 7. The Morgan fingerprint density at radius 2 is 2.25 bits per heavy atom. The van der Waals surface area contributed by atoms with E-state index in [-0.39, 0.29) is 18.7 Å². The largest absolute Gasteiger partial charge is 0.454 e. The molecule has 2 aliphatic heterocycles. The molecule has 1 N–H and O–H groups in total. The van der Waals surface area contributed by atoms with Crippen LogP contribution in [-0.4, -0.2) is 63.7 Å². The van der Waals surface area contributed by atoms with Crippen LogP contribution in [0, 0.1) is 0 Å². The number of carbonyl (C=O) groups excluding carboxylic acids is 1. The maximum atomic E-state index is 12.7. The molecule has 0 bridgehead atoms. The van der Waals surface area contributed by atoms with Crippen LogP contribution in [0.25, 0.3) is 0 Å². The Labute approximate surface area is 141 Å². The molecule has 1 atom stereocenters. The van der Waals surface area contributed by atoms with E-state index in [2.05, 4.69) is 5.32 Å². The van der Waals surface area contributed by atoms with Crippen LogP contribution in [0.1, 0.15) is 12.0 Å². The minimum Gasteiger partial charge on any atom is -0.454 e. The van der Waals surface area contributed by atoms with E-state index in [1.165, 1.54) is 0 Å². The number of nitrogens with zero attached hydrogens (tertiary/aromatic N) is 1. The summed E-state index contributed by atoms with van der Waals surface area (Å²) in [5.74, 6) is 1.57. The van der Waals surface area contributed by atoms with Crippen LogP contribution >= 0.6 is 0 Å². The summed E-state index contributed by atoms with van der Waals surface area (Å²) in [6, 6.07) is 5.85. The Morgan fingerprint density at radius 1 is 1.38 bits per heavy atom. The van der Waals surface area contributed by atoms with E-state index in [1.807, 2.05) is 23.1 Å². The Kier molecular flexibility index (Phi) is 5.90. The molecule has 3 rings (SSSR count). The van der Waals surface area contributed by atoms with E-state index in [4.69, 9.17) is 18.9 Å². The van der Waals surface area contributed by atoms with Gasteiger partial charge in [0.05, 0.1) is 19.8 Å². The first-order chi connectivity index (χ1) is 11.8. The molecule has 1 amide bonds. The van der Waals surface area contributed by atoms with Crippen LogP contribution < -0.4 is 14.8 Å². The van der Waals surface area contributed by atoms with Crippen LogP contribution in [0.15, 0.2) is 18.2 Å². The van der Waals surface area contributed by atoms with Gasteiger partial charge in [-0.05, 0) is 17.7 Å². The van der Waals surface area contributed by atoms with Gasteiger partial charge in [0.1, 0.15) is 0 Å². The van der Waals surface area contributed by atoms with Gasteiger partial charge in [-0.15, -0.1) is 0 Å². The van der Waals surface area contributed by atoms with E-state index in [1.54, 1.807) is 7.11 Å². The summed E-state index contributed by atoms with van der Waals surface area (Å²) in [7, 11) is 1.64. The molecule has 7 heteroatoms. The number of fused-ring (bicyclic) bond motifs is 1. The highest BCUT2D eigenvalue weighted by molar-refractivity contribution is 5.77. The second kappa shape index (κ2) is 8.32. The molecule has 1 aromatic carbocycles. The highest BCUT2D eigenvalue weighted by atomic mass is 16.7. The number of hydrogen-bond acceptors (Lipinski definition) is 6. The van der Waals surface area contributed by atoms with Crippen molar-refractivity contribution in [1.82, 2.24) is 10.2 Å². The molecule has 24 heavy (non-hydrogen) atoms. The number of amides is 1. The summed E-state index contributed by atoms with van der Waals surface area (Å²) >= 11 is 0. The second-order valence-electron chi connectivity index (χ2n) is 5.93. The van der Waals surface area contributed by atoms with Gasteiger partial charge < -0.3 is 29.2 Å². The normalized spacial score (nSPS) is 19.3. The molecule has 7 nitrogen and oxygen atoms in total. The predicted octanol–water partition coefficient (Wildman–Crippen LogP) is 0.769. The smallest absolute Gasteiger partial charge is 0.231 e. The molecular weight excluding hydrogens is 312 g/mol. The number of nitrogens with one attached hydrogen (secondary N) is 1. The van der Waals surface area contributed by atoms with E-state index in [9.17, 15) is 4.79 Å². The lowest BCUT2D eigenvalue weighted by Gasteiger charge is -2.28. The van der Waals surface area contributed by atoms with Crippen LogP contribution in [-0.2, 0) is 20.8 Å². The molecule has 1 saturated heterocycles. The Morgan fingerprint density at radius 3 is 3.04 bits per heavy atom. The fourth-order valence-corrected chi connectivity index (χ4v) is 2.84. The minimum atomic E-state index is 0.0769. The Hall–Kier alpha value is -1.83. The topological polar surface area (TPSA) is 69.3 Å². The van der Waals surface area contributed by atoms with Crippen molar-refractivity contribution in [2.45, 2.75) is 19.0 Å². The zero-order chi connectivity index (χ0) is 16.8. The van der Waals surface area contributed by atoms with Crippen molar-refractivity contribution in [1.29, 1.82) is 0 Å². The van der Waals surface area contributed by atoms with E-state index >= 15 is 0 Å². The third-order valence-electron chi connectivity index (χ3n) is 4.15. The molecule has 2 aliphatic rings. The summed E-state index contributed by atoms with van der Waals surface area (Å²) in [5, 5.41) is 3.32. The van der Waals surface area contributed by atoms with Crippen molar-refractivity contribution >= 4 is 5.91 Å². The fraction of sp³-hybridized carbons (Fsp3) is 0.588. The molecule has 0 aliphatic carbocycles. The number of hydrogen-bond donors (Lipinski definition) is 1. The lowest BCUT2D eigenvalue weighted by Crippen LogP contribution is -2.45. The highest BCUT2D eigenvalue weighted by Gasteiger charge is 2.22. The summed E-state index contributed by atoms with van der Waals surface area (Å²) in [6.45, 7) is 3.90. The molecule has 1 unspecified atom stereocenters. The average Bonchev–Trinajstić information content (AvgIpc) is 3.07. The van der Waals surface area contributed by atoms with Crippen LogP contribution in [0.4, 0.5) is 0 Å². The number of carbonyl (C=O) groups is 1. The molecule has 0 spiro atoms. The molecule has 132 valence electrons. The lowest BCUT2D eigenvalue weighted by atomic mass is 10.1. The zero-order valence-electron chi connectivity index (χ0n) is 14.0. The van der Waals surface area contributed by atoms with Crippen molar-refractivity contribution in [2.24, 2.45) is 0 Å². The van der Waals surface area contributed by atoms with Gasteiger partial charge in [-0.25, -0.2) is 0 Å². The van der Waals surface area contributed by atoms with Gasteiger partial charge in [0.2, 0.25) is 12.7 Å². The first-order valence-electron chi connectivity index (χ1n) is 8.22. The van der Waals surface area contributed by atoms with Gasteiger partial charge in [0.15, 0.2) is 11.5 Å². The maximum absolute atomic E-state index is 12.7. The first kappa shape index (κ1) is 17.0. The summed E-state index contributed by atoms with van der Waals surface area (Å²) in [4.78, 5) is 14.5. The summed E-state index contributed by atoms with van der Waals surface area (Å²) in [5.41, 5.74) is 1.01. The van der Waals surface area contributed by atoms with E-state index in [0.29, 0.717) is 39.3 Å². The zero-order valence-corrected chi connectivity index (χ0v) is 14.0. The van der Waals surface area contributed by atoms with Gasteiger partial charge in [-0.3, -0.25) is 4.79 Å². The SMILES string of the molecule is COCCN(Cc1ccc2c(c1)OCO2)C(=O)CC1COCCN1. The lowest BCUT2D eigenvalue weighted by molar-refractivity contribution is -0.133. The number of ether oxygens (including phenoxy) is 4. The third kappa shape index (κ3) is 4.37. The average molecular weight is 336 g/mol. The molecule has 0 radical (unpaired) electrons. The minimum absolute atomic E-state index is 0.0769. The number of benzene rings is 1. The molecule has 0 aromatic heterocycles. The first-order valence-corrected chi connectivity index (χ1v) is 8.22. The standard InChI is InChI=1S/C17H24N2O5/c1-21-7-5-19(17(20)9-14-11-22-6-4-18-14)10-13-2-3-15-16(8-13)24-12-23-15/h2-3,8,14,18H,4-7,9-12H2,1H3. The predicted molar refractivity (Wildman–Crippen MR) is 87.1 cm³/mol. The summed E-state index contributed by atoms with van der Waals surface area (Å²) in [6.07, 6.45) is 0.425. The Balaban J connectivity index is 1.62. The van der Waals surface area contributed by atoms with E-state index in [0.717, 1.165) is 23.6 Å². The Bertz CT molecular complexity index is 560. The van der Waals surface area contributed by atoms with Gasteiger partial charge in [0.25, 0.3) is 0 Å². The quantitative estimate of drug-likeness (QED) is 0.793. The van der Waals surface area contributed by atoms with Gasteiger partial charge in [-0.1, -0.05) is 6.07 Å². The fourth-order valence-electron chi connectivity index (χ4n) is 2.84. The van der Waals surface area contributed by atoms with Crippen molar-refractivity contribution in [2.75, 3.05) is 46.8 Å². The van der Waals surface area contributed by atoms with Gasteiger partial charge in [0, 0.05) is 39.2 Å². The van der Waals surface area contributed by atoms with E-state index < -0.39 is 0 Å². The monoisotopic (exact) mass is 336 g/mol. The molecule has 1 fully saturated rings. The van der Waals surface area contributed by atoms with Crippen molar-refractivity contribution in [3.8, 4) is 11.5 Å². The molecule has 2 heterocycles. The molecule has 0 saturated carbocycles. The molecule has 1 aromatic rings. The van der Waals surface area contributed by atoms with Crippen LogP contribution in [0.3, 0.4) is 0 Å². The molecular formula is C17H24N2O5. The van der Waals surface area contributed by atoms with Gasteiger partial charge >= 0.3 is 0 Å². The maximum Gasteiger partial charge on any atom is 0.231 e. The van der Waals surface area contributed by atoms with Crippen LogP contribution in [0.5, 0.6) is 11.5 Å². The third-order valence-corrected chi connectivity index (χ3v) is 4.15. The van der Waals surface area contributed by atoms with Crippen LogP contribution in [0.2, 0.25) is 0 Å². The second-order valence-corrected chi connectivity index (χ2v) is 5.93. The number of methoxy groups -OCH3 is 1.